The van der Waals surface area contributed by atoms with Crippen LogP contribution in [0.3, 0.4) is 0 Å². The smallest absolute Gasteiger partial charge is 0.245 e. The molecule has 434 valence electrons. The van der Waals surface area contributed by atoms with Crippen molar-refractivity contribution in [3.8, 4) is 0 Å². The molecule has 5 heterocycles. The average Bonchev–Trinajstić information content (AvgIpc) is 4.35. The van der Waals surface area contributed by atoms with Crippen molar-refractivity contribution >= 4 is 82.0 Å². The average molecular weight is 1120 g/mol. The molecular weight excluding hydrogens is 1040 g/mol. The summed E-state index contributed by atoms with van der Waals surface area (Å²) >= 11 is 0. The molecule has 9 amide bonds. The van der Waals surface area contributed by atoms with E-state index < -0.39 is 95.6 Å². The molecule has 0 unspecified atom stereocenters. The van der Waals surface area contributed by atoms with Gasteiger partial charge in [-0.05, 0) is 88.3 Å². The number of carbonyl (C=O) groups excluding carboxylic acids is 10. The number of allylic oxidation sites excluding steroid dienone is 1. The van der Waals surface area contributed by atoms with Gasteiger partial charge in [0.2, 0.25) is 53.2 Å². The summed E-state index contributed by atoms with van der Waals surface area (Å²) in [6, 6.07) is 6.70. The lowest BCUT2D eigenvalue weighted by molar-refractivity contribution is -0.147. The van der Waals surface area contributed by atoms with Crippen LogP contribution in [0.25, 0.3) is 10.9 Å². The monoisotopic (exact) mass is 1120 g/mol. The zero-order chi connectivity index (χ0) is 58.0. The number of aromatic amines is 1. The molecule has 12 N–H and O–H groups in total. The summed E-state index contributed by atoms with van der Waals surface area (Å²) in [5.41, 5.74) is 13.8. The van der Waals surface area contributed by atoms with Crippen LogP contribution in [0.4, 0.5) is 0 Å². The van der Waals surface area contributed by atoms with Gasteiger partial charge in [-0.3, -0.25) is 57.9 Å². The van der Waals surface area contributed by atoms with Gasteiger partial charge in [-0.1, -0.05) is 54.6 Å². The topological polar surface area (TPSA) is 354 Å². The number of nitrogens with zero attached hydrogens (tertiary/aromatic N) is 4. The molecule has 3 aromatic rings. The summed E-state index contributed by atoms with van der Waals surface area (Å²) in [7, 11) is 0. The van der Waals surface area contributed by atoms with Gasteiger partial charge < -0.3 is 63.5 Å². The SMILES string of the molecule is CC(=O)N[C@H]1CCCCNC(=O)CC[C@@H](C(=O)N2CCC[C@H]2C(=O)N2CCC[C@H]2C(C)=O)NC(=O)[C@H](Cc2c[nH]c3ccccc23)NC(=O)[C@H](CCCN=C(N)N)NC(=O)[C@@H](Cc2ccccc2)NC(=O)[C@H](CC2=CCC=N2)NC1=O. The fourth-order valence-electron chi connectivity index (χ4n) is 10.9. The van der Waals surface area contributed by atoms with E-state index in [0.717, 1.165) is 10.9 Å². The van der Waals surface area contributed by atoms with E-state index in [9.17, 15) is 43.2 Å². The zero-order valence-electron chi connectivity index (χ0n) is 46.0. The molecule has 0 spiro atoms. The van der Waals surface area contributed by atoms with Crippen LogP contribution >= 0.6 is 0 Å². The number of aliphatic imine (C=N–C) groups is 2. The number of para-hydroxylation sites is 1. The van der Waals surface area contributed by atoms with Gasteiger partial charge in [-0.15, -0.1) is 0 Å². The van der Waals surface area contributed by atoms with E-state index >= 15 is 4.79 Å². The molecule has 1 aromatic heterocycles. The van der Waals surface area contributed by atoms with E-state index in [0.29, 0.717) is 68.3 Å². The second kappa shape index (κ2) is 29.1. The number of nitrogens with one attached hydrogen (secondary N) is 8. The second-order valence-corrected chi connectivity index (χ2v) is 21.1. The minimum atomic E-state index is -1.42. The molecule has 4 aliphatic rings. The Hall–Kier alpha value is -8.44. The van der Waals surface area contributed by atoms with E-state index in [1.807, 2.05) is 24.3 Å². The number of guanidine groups is 1. The van der Waals surface area contributed by atoms with Crippen LogP contribution in [0.5, 0.6) is 0 Å². The quantitative estimate of drug-likeness (QED) is 0.0594. The molecule has 0 radical (unpaired) electrons. The van der Waals surface area contributed by atoms with Crippen LogP contribution in [0, 0.1) is 0 Å². The number of nitrogens with two attached hydrogens (primary N) is 2. The Morgan fingerprint density at radius 2 is 1.31 bits per heavy atom. The van der Waals surface area contributed by atoms with Crippen molar-refractivity contribution in [3.63, 3.8) is 0 Å². The molecule has 0 bridgehead atoms. The first-order chi connectivity index (χ1) is 38.9. The third-order valence-electron chi connectivity index (χ3n) is 15.0. The molecule has 4 aliphatic heterocycles. The first kappa shape index (κ1) is 60.2. The lowest BCUT2D eigenvalue weighted by Crippen LogP contribution is -2.60. The molecule has 24 heteroatoms. The van der Waals surface area contributed by atoms with E-state index in [2.05, 4.69) is 52.2 Å². The Bertz CT molecular complexity index is 2880. The highest BCUT2D eigenvalue weighted by Gasteiger charge is 2.44. The first-order valence-corrected chi connectivity index (χ1v) is 28.0. The molecule has 3 saturated heterocycles. The van der Waals surface area contributed by atoms with Gasteiger partial charge in [-0.2, -0.15) is 0 Å². The number of likely N-dealkylation sites (tertiary alicyclic amines) is 2. The molecule has 2 aromatic carbocycles. The van der Waals surface area contributed by atoms with Gasteiger partial charge >= 0.3 is 0 Å². The fraction of sp³-hybridized carbons (Fsp3) is 0.509. The molecule has 3 fully saturated rings. The largest absolute Gasteiger partial charge is 0.370 e. The van der Waals surface area contributed by atoms with Crippen LogP contribution in [-0.2, 0) is 60.8 Å². The van der Waals surface area contributed by atoms with Crippen LogP contribution in [0.2, 0.25) is 0 Å². The predicted octanol–water partition coefficient (Wildman–Crippen LogP) is 0.335. The van der Waals surface area contributed by atoms with Crippen molar-refractivity contribution < 1.29 is 47.9 Å². The van der Waals surface area contributed by atoms with Crippen molar-refractivity contribution in [2.75, 3.05) is 26.2 Å². The molecular formula is C57H76N14O10. The Morgan fingerprint density at radius 1 is 0.679 bits per heavy atom. The number of aromatic nitrogens is 1. The Labute approximate surface area is 470 Å². The Kier molecular flexibility index (Phi) is 21.7. The summed E-state index contributed by atoms with van der Waals surface area (Å²) in [4.78, 5) is 156. The number of rotatable bonds is 14. The number of H-pyrrole nitrogens is 1. The van der Waals surface area contributed by atoms with E-state index in [-0.39, 0.29) is 88.7 Å². The summed E-state index contributed by atoms with van der Waals surface area (Å²) in [5, 5.41) is 20.4. The van der Waals surface area contributed by atoms with Crippen molar-refractivity contribution in [1.82, 2.24) is 52.0 Å². The van der Waals surface area contributed by atoms with Crippen LogP contribution in [-0.4, -0.2) is 160 Å². The number of carbonyl (C=O) groups is 10. The fourth-order valence-corrected chi connectivity index (χ4v) is 10.9. The van der Waals surface area contributed by atoms with Crippen molar-refractivity contribution in [2.45, 2.75) is 158 Å². The van der Waals surface area contributed by atoms with Gasteiger partial charge in [0.25, 0.3) is 0 Å². The van der Waals surface area contributed by atoms with Crippen molar-refractivity contribution in [1.29, 1.82) is 0 Å². The maximum Gasteiger partial charge on any atom is 0.245 e. The standard InChI is InChI=1S/C57H76N14O10/c1-34(72)47-21-12-28-70(47)56(81)48-22-13-29-71(48)55(80)43-23-24-49(74)61-25-9-8-19-41(64-35(2)73)50(75)69-46(32-38-16-10-26-60-38)54(79)67-44(30-36-14-4-3-5-15-36)52(77)65-42(20-11-27-62-57(58)59)51(76)68-45(53(78)66-43)31-37-33-63-40-18-7-6-17-39(37)40/h3-7,14-18,26,33,41-48,63H,8-13,19-25,27-32H2,1-2H3,(H,61,74)(H,64,73)(H,65,77)(H,66,78)(H,67,79)(H,68,76)(H,69,75)(H4,58,59,62)/t41-,42-,43-,44+,45-,46-,47-,48-/m0/s1. The summed E-state index contributed by atoms with van der Waals surface area (Å²) in [6.07, 6.45) is 7.74. The number of fused-ring (bicyclic) bond motifs is 1. The van der Waals surface area contributed by atoms with E-state index in [1.54, 1.807) is 48.8 Å². The molecule has 7 rings (SSSR count). The number of benzene rings is 2. The number of hydrogen-bond acceptors (Lipinski definition) is 12. The number of ketones is 1. The first-order valence-electron chi connectivity index (χ1n) is 28.0. The van der Waals surface area contributed by atoms with Gasteiger partial charge in [0.1, 0.15) is 42.3 Å². The Balaban J connectivity index is 1.25. The molecule has 24 nitrogen and oxygen atoms in total. The van der Waals surface area contributed by atoms with E-state index in [4.69, 9.17) is 11.5 Å². The third kappa shape index (κ3) is 17.0. The van der Waals surface area contributed by atoms with Crippen LogP contribution in [0.15, 0.2) is 82.6 Å². The highest BCUT2D eigenvalue weighted by molar-refractivity contribution is 5.99. The highest BCUT2D eigenvalue weighted by Crippen LogP contribution is 2.27. The molecule has 0 saturated carbocycles. The predicted molar refractivity (Wildman–Crippen MR) is 301 cm³/mol. The lowest BCUT2D eigenvalue weighted by atomic mass is 10.0. The number of Topliss-reactive ketones (excluding diaryl/α,β-unsaturated/α-hetero) is 1. The minimum absolute atomic E-state index is 0.0507. The van der Waals surface area contributed by atoms with Crippen molar-refractivity contribution in [3.05, 3.63) is 83.7 Å². The summed E-state index contributed by atoms with van der Waals surface area (Å²) < 4.78 is 0. The van der Waals surface area contributed by atoms with Gasteiger partial charge in [-0.25, -0.2) is 0 Å². The maximum atomic E-state index is 15.1. The van der Waals surface area contributed by atoms with E-state index in [1.165, 1.54) is 23.6 Å². The van der Waals surface area contributed by atoms with Gasteiger partial charge in [0, 0.05) is 94.2 Å². The second-order valence-electron chi connectivity index (χ2n) is 21.1. The zero-order valence-corrected chi connectivity index (χ0v) is 46.0. The lowest BCUT2D eigenvalue weighted by Gasteiger charge is -2.33. The Morgan fingerprint density at radius 3 is 2.00 bits per heavy atom. The van der Waals surface area contributed by atoms with Crippen LogP contribution < -0.4 is 48.7 Å². The molecule has 81 heavy (non-hydrogen) atoms. The normalized spacial score (nSPS) is 24.8. The van der Waals surface area contributed by atoms with Gasteiger partial charge in [0.05, 0.1) is 6.04 Å². The summed E-state index contributed by atoms with van der Waals surface area (Å²) in [5.74, 6) is -6.16. The third-order valence-corrected chi connectivity index (χ3v) is 15.0. The minimum Gasteiger partial charge on any atom is -0.370 e. The summed E-state index contributed by atoms with van der Waals surface area (Å²) in [6.45, 7) is 3.40. The number of hydrogen-bond donors (Lipinski definition) is 10. The van der Waals surface area contributed by atoms with Crippen LogP contribution in [0.1, 0.15) is 108 Å². The van der Waals surface area contributed by atoms with Crippen molar-refractivity contribution in [2.24, 2.45) is 21.5 Å². The maximum absolute atomic E-state index is 15.1. The highest BCUT2D eigenvalue weighted by atomic mass is 16.2. The molecule has 0 aliphatic carbocycles. The number of amides is 9. The molecule has 8 atom stereocenters. The van der Waals surface area contributed by atoms with Gasteiger partial charge in [0.15, 0.2) is 11.7 Å².